The molecule has 0 bridgehead atoms. The van der Waals surface area contributed by atoms with E-state index in [0.29, 0.717) is 17.8 Å². The van der Waals surface area contributed by atoms with Gasteiger partial charge in [0.2, 0.25) is 0 Å². The number of rotatable bonds is 5. The second-order valence-corrected chi connectivity index (χ2v) is 6.99. The Labute approximate surface area is 159 Å². The standard InChI is InChI=1S/C21H25N5O/c1-3-18-15-26(13-12-25(18)14-17-8-5-4-6-9-17)20-19(10-7-11-22-20)21-23-16(2)24-27-21/h4-11,18H,3,12-15H2,1-2H3. The predicted octanol–water partition coefficient (Wildman–Crippen LogP) is 3.54. The molecule has 1 saturated heterocycles. The summed E-state index contributed by atoms with van der Waals surface area (Å²) in [5.74, 6) is 2.10. The molecule has 0 amide bonds. The maximum Gasteiger partial charge on any atom is 0.261 e. The number of hydrogen-bond donors (Lipinski definition) is 0. The van der Waals surface area contributed by atoms with Crippen molar-refractivity contribution in [3.8, 4) is 11.5 Å². The van der Waals surface area contributed by atoms with Gasteiger partial charge in [-0.1, -0.05) is 42.4 Å². The quantitative estimate of drug-likeness (QED) is 0.691. The second kappa shape index (κ2) is 7.88. The zero-order chi connectivity index (χ0) is 18.6. The van der Waals surface area contributed by atoms with Gasteiger partial charge in [0.1, 0.15) is 5.82 Å². The molecule has 1 aliphatic rings. The van der Waals surface area contributed by atoms with Crippen molar-refractivity contribution in [2.24, 2.45) is 0 Å². The first-order valence-electron chi connectivity index (χ1n) is 9.53. The topological polar surface area (TPSA) is 58.3 Å². The lowest BCUT2D eigenvalue weighted by Crippen LogP contribution is -2.52. The number of nitrogens with zero attached hydrogens (tertiary/aromatic N) is 5. The highest BCUT2D eigenvalue weighted by atomic mass is 16.5. The van der Waals surface area contributed by atoms with Crippen LogP contribution in [0.25, 0.3) is 11.5 Å². The smallest absolute Gasteiger partial charge is 0.261 e. The first-order chi connectivity index (χ1) is 13.2. The summed E-state index contributed by atoms with van der Waals surface area (Å²) in [7, 11) is 0. The molecule has 0 aliphatic carbocycles. The van der Waals surface area contributed by atoms with Gasteiger partial charge in [-0.2, -0.15) is 4.98 Å². The van der Waals surface area contributed by atoms with Gasteiger partial charge in [-0.25, -0.2) is 4.98 Å². The molecule has 140 valence electrons. The largest absolute Gasteiger partial charge is 0.353 e. The van der Waals surface area contributed by atoms with Crippen LogP contribution < -0.4 is 4.90 Å². The van der Waals surface area contributed by atoms with E-state index in [9.17, 15) is 0 Å². The normalized spacial score (nSPS) is 18.0. The van der Waals surface area contributed by atoms with Crippen molar-refractivity contribution in [1.82, 2.24) is 20.0 Å². The van der Waals surface area contributed by atoms with E-state index < -0.39 is 0 Å². The fraction of sp³-hybridized carbons (Fsp3) is 0.381. The molecular weight excluding hydrogens is 338 g/mol. The van der Waals surface area contributed by atoms with E-state index in [0.717, 1.165) is 44.0 Å². The third-order valence-electron chi connectivity index (χ3n) is 5.15. The van der Waals surface area contributed by atoms with Crippen molar-refractivity contribution in [1.29, 1.82) is 0 Å². The van der Waals surface area contributed by atoms with E-state index in [1.54, 1.807) is 0 Å². The molecular formula is C21H25N5O. The fourth-order valence-electron chi connectivity index (χ4n) is 3.72. The summed E-state index contributed by atoms with van der Waals surface area (Å²) < 4.78 is 5.40. The Morgan fingerprint density at radius 2 is 1.96 bits per heavy atom. The summed E-state index contributed by atoms with van der Waals surface area (Å²) in [5.41, 5.74) is 2.27. The number of piperazine rings is 1. The first kappa shape index (κ1) is 17.7. The monoisotopic (exact) mass is 363 g/mol. The molecule has 3 aromatic rings. The van der Waals surface area contributed by atoms with E-state index in [4.69, 9.17) is 4.52 Å². The van der Waals surface area contributed by atoms with E-state index >= 15 is 0 Å². The highest BCUT2D eigenvalue weighted by molar-refractivity contribution is 5.69. The highest BCUT2D eigenvalue weighted by Gasteiger charge is 2.28. The molecule has 6 heteroatoms. The Bertz CT molecular complexity index is 879. The van der Waals surface area contributed by atoms with Crippen LogP contribution in [0.1, 0.15) is 24.7 Å². The SMILES string of the molecule is CCC1CN(c2ncccc2-c2nc(C)no2)CCN1Cc1ccccc1. The van der Waals surface area contributed by atoms with Gasteiger partial charge >= 0.3 is 0 Å². The molecule has 6 nitrogen and oxygen atoms in total. The molecule has 0 spiro atoms. The van der Waals surface area contributed by atoms with Crippen molar-refractivity contribution < 1.29 is 4.52 Å². The van der Waals surface area contributed by atoms with E-state index in [2.05, 4.69) is 62.2 Å². The van der Waals surface area contributed by atoms with Crippen molar-refractivity contribution in [2.45, 2.75) is 32.9 Å². The third kappa shape index (κ3) is 3.85. The Kier molecular flexibility index (Phi) is 5.16. The average Bonchev–Trinajstić information content (AvgIpc) is 3.15. The molecule has 1 unspecified atom stereocenters. The molecule has 0 saturated carbocycles. The van der Waals surface area contributed by atoms with Crippen LogP contribution >= 0.6 is 0 Å². The van der Waals surface area contributed by atoms with Gasteiger partial charge < -0.3 is 9.42 Å². The van der Waals surface area contributed by atoms with Crippen LogP contribution in [-0.2, 0) is 6.54 Å². The van der Waals surface area contributed by atoms with E-state index in [1.165, 1.54) is 5.56 Å². The van der Waals surface area contributed by atoms with Crippen LogP contribution in [0.2, 0.25) is 0 Å². The fourth-order valence-corrected chi connectivity index (χ4v) is 3.72. The van der Waals surface area contributed by atoms with Crippen molar-refractivity contribution in [2.75, 3.05) is 24.5 Å². The molecule has 3 heterocycles. The molecule has 1 fully saturated rings. The Morgan fingerprint density at radius 1 is 1.11 bits per heavy atom. The highest BCUT2D eigenvalue weighted by Crippen LogP contribution is 2.29. The second-order valence-electron chi connectivity index (χ2n) is 6.99. The molecule has 0 radical (unpaired) electrons. The lowest BCUT2D eigenvalue weighted by Gasteiger charge is -2.42. The molecule has 0 N–H and O–H groups in total. The van der Waals surface area contributed by atoms with Gasteiger partial charge in [0.05, 0.1) is 5.56 Å². The number of pyridine rings is 1. The average molecular weight is 363 g/mol. The van der Waals surface area contributed by atoms with Gasteiger partial charge in [-0.15, -0.1) is 0 Å². The molecule has 1 aromatic carbocycles. The van der Waals surface area contributed by atoms with Gasteiger partial charge in [-0.3, -0.25) is 4.90 Å². The molecule has 27 heavy (non-hydrogen) atoms. The van der Waals surface area contributed by atoms with Crippen LogP contribution in [0.15, 0.2) is 53.2 Å². The molecule has 2 aromatic heterocycles. The Hall–Kier alpha value is -2.73. The maximum absolute atomic E-state index is 5.40. The lowest BCUT2D eigenvalue weighted by molar-refractivity contribution is 0.163. The summed E-state index contributed by atoms with van der Waals surface area (Å²) in [6.07, 6.45) is 2.94. The lowest BCUT2D eigenvalue weighted by atomic mass is 10.1. The maximum atomic E-state index is 5.40. The zero-order valence-corrected chi connectivity index (χ0v) is 15.9. The van der Waals surface area contributed by atoms with E-state index in [-0.39, 0.29) is 0 Å². The van der Waals surface area contributed by atoms with Crippen LogP contribution in [0.3, 0.4) is 0 Å². The van der Waals surface area contributed by atoms with Gasteiger partial charge in [0.25, 0.3) is 5.89 Å². The van der Waals surface area contributed by atoms with Crippen molar-refractivity contribution in [3.05, 3.63) is 60.0 Å². The number of anilines is 1. The zero-order valence-electron chi connectivity index (χ0n) is 15.9. The number of aromatic nitrogens is 3. The summed E-state index contributed by atoms with van der Waals surface area (Å²) in [6, 6.07) is 15.1. The van der Waals surface area contributed by atoms with E-state index in [1.807, 2.05) is 25.3 Å². The van der Waals surface area contributed by atoms with Crippen LogP contribution in [0.4, 0.5) is 5.82 Å². The molecule has 4 rings (SSSR count). The van der Waals surface area contributed by atoms with Crippen LogP contribution in [0.5, 0.6) is 0 Å². The third-order valence-corrected chi connectivity index (χ3v) is 5.15. The van der Waals surface area contributed by atoms with Gasteiger partial charge in [0.15, 0.2) is 5.82 Å². The summed E-state index contributed by atoms with van der Waals surface area (Å²) in [6.45, 7) is 7.96. The van der Waals surface area contributed by atoms with Crippen LogP contribution in [-0.4, -0.2) is 45.7 Å². The first-order valence-corrected chi connectivity index (χ1v) is 9.53. The minimum Gasteiger partial charge on any atom is -0.353 e. The molecule has 1 atom stereocenters. The summed E-state index contributed by atoms with van der Waals surface area (Å²) in [4.78, 5) is 14.0. The minimum absolute atomic E-state index is 0.484. The predicted molar refractivity (Wildman–Crippen MR) is 105 cm³/mol. The molecule has 1 aliphatic heterocycles. The summed E-state index contributed by atoms with van der Waals surface area (Å²) in [5, 5.41) is 3.93. The number of benzene rings is 1. The Morgan fingerprint density at radius 3 is 2.70 bits per heavy atom. The van der Waals surface area contributed by atoms with Gasteiger partial charge in [-0.05, 0) is 31.0 Å². The van der Waals surface area contributed by atoms with Crippen molar-refractivity contribution in [3.63, 3.8) is 0 Å². The number of aryl methyl sites for hydroxylation is 1. The van der Waals surface area contributed by atoms with Crippen molar-refractivity contribution >= 4 is 5.82 Å². The van der Waals surface area contributed by atoms with Crippen LogP contribution in [0, 0.1) is 6.92 Å². The van der Waals surface area contributed by atoms with Gasteiger partial charge in [0, 0.05) is 38.4 Å². The Balaban J connectivity index is 1.54. The summed E-state index contributed by atoms with van der Waals surface area (Å²) >= 11 is 0. The minimum atomic E-state index is 0.484. The number of hydrogen-bond acceptors (Lipinski definition) is 6.